The quantitative estimate of drug-likeness (QED) is 0.653. The van der Waals surface area contributed by atoms with Gasteiger partial charge >= 0.3 is 11.9 Å². The minimum absolute atomic E-state index is 0.143. The van der Waals surface area contributed by atoms with Crippen molar-refractivity contribution in [2.45, 2.75) is 43.9 Å². The molecule has 1 saturated heterocycles. The molecule has 0 aromatic carbocycles. The van der Waals surface area contributed by atoms with Gasteiger partial charge in [-0.15, -0.1) is 0 Å². The lowest BCUT2D eigenvalue weighted by Gasteiger charge is -2.32. The molecule has 0 saturated carbocycles. The van der Waals surface area contributed by atoms with Crippen molar-refractivity contribution in [3.05, 3.63) is 45.4 Å². The third kappa shape index (κ3) is 4.30. The van der Waals surface area contributed by atoms with Gasteiger partial charge in [0.2, 0.25) is 5.91 Å². The summed E-state index contributed by atoms with van der Waals surface area (Å²) in [7, 11) is 0. The monoisotopic (exact) mass is 465 g/mol. The molecule has 7 nitrogen and oxygen atoms in total. The Kier molecular flexibility index (Phi) is 5.31. The summed E-state index contributed by atoms with van der Waals surface area (Å²) in [5.41, 5.74) is -0.409. The molecule has 2 aromatic heterocycles. The summed E-state index contributed by atoms with van der Waals surface area (Å²) >= 11 is 5.77. The highest BCUT2D eigenvalue weighted by Gasteiger charge is 2.50. The van der Waals surface area contributed by atoms with E-state index in [-0.39, 0.29) is 18.9 Å². The minimum atomic E-state index is -4.63. The fourth-order valence-electron chi connectivity index (χ4n) is 3.95. The molecule has 31 heavy (non-hydrogen) atoms. The van der Waals surface area contributed by atoms with E-state index in [0.717, 1.165) is 14.1 Å². The molecular weight excluding hydrogens is 449 g/mol. The Labute approximate surface area is 177 Å². The van der Waals surface area contributed by atoms with E-state index in [1.165, 1.54) is 18.3 Å². The van der Waals surface area contributed by atoms with E-state index in [1.54, 1.807) is 0 Å². The first kappa shape index (κ1) is 21.7. The Morgan fingerprint density at radius 3 is 2.61 bits per heavy atom. The first-order chi connectivity index (χ1) is 14.4. The van der Waals surface area contributed by atoms with E-state index in [2.05, 4.69) is 10.1 Å². The van der Waals surface area contributed by atoms with Gasteiger partial charge in [-0.3, -0.25) is 14.3 Å². The van der Waals surface area contributed by atoms with E-state index in [9.17, 15) is 31.5 Å². The lowest BCUT2D eigenvalue weighted by atomic mass is 9.91. The van der Waals surface area contributed by atoms with Crippen molar-refractivity contribution in [2.75, 3.05) is 13.1 Å². The summed E-state index contributed by atoms with van der Waals surface area (Å²) in [6, 6.07) is 1.51. The molecule has 2 aliphatic heterocycles. The molecule has 168 valence electrons. The Bertz CT molecular complexity index is 1050. The third-order valence-corrected chi connectivity index (χ3v) is 5.74. The second kappa shape index (κ2) is 7.57. The number of rotatable bonds is 3. The van der Waals surface area contributed by atoms with Gasteiger partial charge in [-0.25, -0.2) is 18.3 Å². The zero-order valence-electron chi connectivity index (χ0n) is 15.9. The highest BCUT2D eigenvalue weighted by atomic mass is 35.5. The highest BCUT2D eigenvalue weighted by molar-refractivity contribution is 6.30. The van der Waals surface area contributed by atoms with Crippen molar-refractivity contribution in [3.63, 3.8) is 0 Å². The average molecular weight is 466 g/mol. The summed E-state index contributed by atoms with van der Waals surface area (Å²) in [5.74, 6) is -6.16. The smallest absolute Gasteiger partial charge is 0.335 e. The maximum absolute atomic E-state index is 13.6. The molecule has 2 atom stereocenters. The van der Waals surface area contributed by atoms with Gasteiger partial charge in [-0.05, 0) is 18.6 Å². The minimum Gasteiger partial charge on any atom is -0.335 e. The summed E-state index contributed by atoms with van der Waals surface area (Å²) in [5, 5.41) is 4.36. The Morgan fingerprint density at radius 2 is 2.03 bits per heavy atom. The molecule has 2 aliphatic rings. The van der Waals surface area contributed by atoms with Crippen LogP contribution in [-0.4, -0.2) is 55.3 Å². The van der Waals surface area contributed by atoms with Gasteiger partial charge in [0.25, 0.3) is 5.92 Å². The summed E-state index contributed by atoms with van der Waals surface area (Å²) in [6.07, 6.45) is -5.15. The first-order valence-electron chi connectivity index (χ1n) is 9.46. The number of fused-ring (bicyclic) bond motifs is 1. The van der Waals surface area contributed by atoms with Gasteiger partial charge in [-0.1, -0.05) is 11.6 Å². The molecule has 1 amide bonds. The molecule has 2 unspecified atom stereocenters. The number of pyridine rings is 1. The Morgan fingerprint density at radius 1 is 1.29 bits per heavy atom. The van der Waals surface area contributed by atoms with E-state index >= 15 is 0 Å². The molecule has 4 rings (SSSR count). The van der Waals surface area contributed by atoms with Crippen LogP contribution in [0.15, 0.2) is 23.1 Å². The van der Waals surface area contributed by atoms with Crippen molar-refractivity contribution in [1.82, 2.24) is 24.2 Å². The highest BCUT2D eigenvalue weighted by Crippen LogP contribution is 2.39. The Hall–Kier alpha value is -2.50. The maximum atomic E-state index is 13.6. The normalized spacial score (nSPS) is 23.1. The standard InChI is InChI=1S/C18H17ClF5N5O2/c19-11-1-2-12(25-7-11)8-28-16(31)29-13(15(30)27-4-3-17(20,21)9-27)5-10(18(22,23)24)6-14(29)26-28/h1-2,7,10,13H,3-6,8-9H2. The zero-order valence-corrected chi connectivity index (χ0v) is 16.7. The van der Waals surface area contributed by atoms with E-state index in [1.807, 2.05) is 0 Å². The van der Waals surface area contributed by atoms with Crippen molar-refractivity contribution >= 4 is 17.5 Å². The van der Waals surface area contributed by atoms with Crippen LogP contribution in [0, 0.1) is 5.92 Å². The van der Waals surface area contributed by atoms with Crippen molar-refractivity contribution in [3.8, 4) is 0 Å². The molecule has 13 heteroatoms. The molecule has 0 aliphatic carbocycles. The molecular formula is C18H17ClF5N5O2. The number of amides is 1. The van der Waals surface area contributed by atoms with Gasteiger partial charge in [-0.2, -0.15) is 18.3 Å². The van der Waals surface area contributed by atoms with Crippen molar-refractivity contribution in [1.29, 1.82) is 0 Å². The van der Waals surface area contributed by atoms with Crippen LogP contribution in [0.1, 0.15) is 30.4 Å². The molecule has 4 heterocycles. The van der Waals surface area contributed by atoms with Gasteiger partial charge in [0.15, 0.2) is 0 Å². The predicted octanol–water partition coefficient (Wildman–Crippen LogP) is 2.67. The van der Waals surface area contributed by atoms with Crippen LogP contribution in [0.4, 0.5) is 22.0 Å². The molecule has 1 fully saturated rings. The Balaban J connectivity index is 1.69. The number of carbonyl (C=O) groups excluding carboxylic acids is 1. The van der Waals surface area contributed by atoms with Crippen LogP contribution < -0.4 is 5.69 Å². The number of halogens is 6. The number of hydrogen-bond acceptors (Lipinski definition) is 4. The van der Waals surface area contributed by atoms with Crippen LogP contribution in [0.5, 0.6) is 0 Å². The second-order valence-electron chi connectivity index (χ2n) is 7.75. The van der Waals surface area contributed by atoms with Crippen LogP contribution >= 0.6 is 11.6 Å². The van der Waals surface area contributed by atoms with Crippen molar-refractivity contribution in [2.24, 2.45) is 5.92 Å². The van der Waals surface area contributed by atoms with Crippen LogP contribution in [-0.2, 0) is 17.8 Å². The third-order valence-electron chi connectivity index (χ3n) is 5.52. The summed E-state index contributed by atoms with van der Waals surface area (Å²) in [6.45, 7) is -1.31. The largest absolute Gasteiger partial charge is 0.392 e. The van der Waals surface area contributed by atoms with Gasteiger partial charge in [0, 0.05) is 25.6 Å². The lowest BCUT2D eigenvalue weighted by Crippen LogP contribution is -2.46. The molecule has 0 N–H and O–H groups in total. The number of likely N-dealkylation sites (tertiary alicyclic amines) is 1. The topological polar surface area (TPSA) is 73.0 Å². The second-order valence-corrected chi connectivity index (χ2v) is 8.19. The summed E-state index contributed by atoms with van der Waals surface area (Å²) < 4.78 is 69.4. The number of nitrogens with zero attached hydrogens (tertiary/aromatic N) is 5. The first-order valence-corrected chi connectivity index (χ1v) is 9.84. The molecule has 0 radical (unpaired) electrons. The molecule has 0 bridgehead atoms. The number of alkyl halides is 5. The lowest BCUT2D eigenvalue weighted by molar-refractivity contribution is -0.183. The van der Waals surface area contributed by atoms with E-state index in [0.29, 0.717) is 10.7 Å². The number of carbonyl (C=O) groups is 1. The number of hydrogen-bond donors (Lipinski definition) is 0. The average Bonchev–Trinajstić information content (AvgIpc) is 3.21. The number of aromatic nitrogens is 4. The van der Waals surface area contributed by atoms with Gasteiger partial charge in [0.05, 0.1) is 29.7 Å². The molecule has 2 aromatic rings. The predicted molar refractivity (Wildman–Crippen MR) is 97.9 cm³/mol. The van der Waals surface area contributed by atoms with E-state index in [4.69, 9.17) is 11.6 Å². The fourth-order valence-corrected chi connectivity index (χ4v) is 4.06. The van der Waals surface area contributed by atoms with Crippen LogP contribution in [0.2, 0.25) is 5.02 Å². The van der Waals surface area contributed by atoms with Crippen LogP contribution in [0.25, 0.3) is 0 Å². The van der Waals surface area contributed by atoms with Crippen molar-refractivity contribution < 1.29 is 26.7 Å². The maximum Gasteiger partial charge on any atom is 0.392 e. The summed E-state index contributed by atoms with van der Waals surface area (Å²) in [4.78, 5) is 30.6. The molecule has 0 spiro atoms. The SMILES string of the molecule is O=C(C1CC(C(F)(F)F)Cc2nn(Cc3ccc(Cl)cn3)c(=O)n21)N1CCC(F)(F)C1. The fraction of sp³-hybridized carbons (Fsp3) is 0.556. The van der Waals surface area contributed by atoms with Gasteiger partial charge < -0.3 is 4.90 Å². The van der Waals surface area contributed by atoms with Crippen LogP contribution in [0.3, 0.4) is 0 Å². The van der Waals surface area contributed by atoms with Gasteiger partial charge in [0.1, 0.15) is 11.9 Å². The zero-order chi connectivity index (χ0) is 22.6. The van der Waals surface area contributed by atoms with E-state index < -0.39 is 61.5 Å².